The predicted octanol–water partition coefficient (Wildman–Crippen LogP) is 2.59. The molecule has 0 aliphatic heterocycles. The predicted molar refractivity (Wildman–Crippen MR) is 73.3 cm³/mol. The van der Waals surface area contributed by atoms with E-state index >= 15 is 0 Å². The van der Waals surface area contributed by atoms with Crippen molar-refractivity contribution in [2.24, 2.45) is 0 Å². The number of aromatic nitrogens is 2. The fraction of sp³-hybridized carbons (Fsp3) is 0.692. The van der Waals surface area contributed by atoms with Crippen molar-refractivity contribution in [3.63, 3.8) is 0 Å². The lowest BCUT2D eigenvalue weighted by Crippen LogP contribution is -2.27. The third-order valence-corrected chi connectivity index (χ3v) is 2.60. The molecule has 0 aliphatic rings. The first kappa shape index (κ1) is 13.7. The Balaban J connectivity index is 3.12. The van der Waals surface area contributed by atoms with Gasteiger partial charge in [-0.25, -0.2) is 9.97 Å². The van der Waals surface area contributed by atoms with E-state index in [0.29, 0.717) is 5.82 Å². The zero-order chi connectivity index (χ0) is 13.1. The van der Waals surface area contributed by atoms with E-state index in [-0.39, 0.29) is 5.41 Å². The van der Waals surface area contributed by atoms with Crippen LogP contribution in [-0.2, 0) is 5.41 Å². The molecule has 1 aromatic rings. The zero-order valence-electron chi connectivity index (χ0n) is 11.6. The highest BCUT2D eigenvalue weighted by Gasteiger charge is 2.19. The smallest absolute Gasteiger partial charge is 0.138 e. The van der Waals surface area contributed by atoms with Crippen LogP contribution in [0.2, 0.25) is 0 Å². The van der Waals surface area contributed by atoms with Crippen molar-refractivity contribution >= 4 is 11.6 Å². The van der Waals surface area contributed by atoms with Gasteiger partial charge in [0, 0.05) is 24.6 Å². The Labute approximate surface area is 104 Å². The number of nitrogens with two attached hydrogens (primary N) is 1. The monoisotopic (exact) mass is 236 g/mol. The summed E-state index contributed by atoms with van der Waals surface area (Å²) in [5.41, 5.74) is 5.79. The molecule has 4 heteroatoms. The fourth-order valence-electron chi connectivity index (χ4n) is 1.65. The van der Waals surface area contributed by atoms with Crippen LogP contribution < -0.4 is 10.6 Å². The highest BCUT2D eigenvalue weighted by atomic mass is 15.2. The molecule has 0 saturated heterocycles. The van der Waals surface area contributed by atoms with Gasteiger partial charge in [-0.3, -0.25) is 0 Å². The third-order valence-electron chi connectivity index (χ3n) is 2.60. The second kappa shape index (κ2) is 5.34. The van der Waals surface area contributed by atoms with Crippen LogP contribution in [0, 0.1) is 0 Å². The molecule has 0 bridgehead atoms. The Kier molecular flexibility index (Phi) is 4.32. The molecule has 0 fully saturated rings. The normalized spacial score (nSPS) is 11.6. The first-order valence-corrected chi connectivity index (χ1v) is 6.28. The highest BCUT2D eigenvalue weighted by Crippen LogP contribution is 2.23. The molecule has 1 aromatic heterocycles. The van der Waals surface area contributed by atoms with Crippen molar-refractivity contribution in [3.05, 3.63) is 11.9 Å². The van der Waals surface area contributed by atoms with Gasteiger partial charge in [0.2, 0.25) is 0 Å². The largest absolute Gasteiger partial charge is 0.384 e. The first-order chi connectivity index (χ1) is 7.88. The summed E-state index contributed by atoms with van der Waals surface area (Å²) in [4.78, 5) is 11.2. The van der Waals surface area contributed by atoms with Gasteiger partial charge in [0.1, 0.15) is 17.5 Å². The van der Waals surface area contributed by atoms with Crippen LogP contribution in [0.15, 0.2) is 6.07 Å². The number of hydrogen-bond donors (Lipinski definition) is 1. The lowest BCUT2D eigenvalue weighted by atomic mass is 9.96. The SMILES string of the molecule is CCCN(CC)c1cc(N)nc(C(C)(C)C)n1. The summed E-state index contributed by atoms with van der Waals surface area (Å²) in [7, 11) is 0. The lowest BCUT2D eigenvalue weighted by molar-refractivity contribution is 0.545. The van der Waals surface area contributed by atoms with Gasteiger partial charge in [0.15, 0.2) is 0 Å². The van der Waals surface area contributed by atoms with Crippen LogP contribution >= 0.6 is 0 Å². The van der Waals surface area contributed by atoms with Crippen LogP contribution in [0.1, 0.15) is 46.9 Å². The molecule has 0 saturated carbocycles. The minimum absolute atomic E-state index is 0.0737. The highest BCUT2D eigenvalue weighted by molar-refractivity contribution is 5.47. The summed E-state index contributed by atoms with van der Waals surface area (Å²) in [6.07, 6.45) is 1.10. The lowest BCUT2D eigenvalue weighted by Gasteiger charge is -2.24. The fourth-order valence-corrected chi connectivity index (χ4v) is 1.65. The number of anilines is 2. The number of hydrogen-bond acceptors (Lipinski definition) is 4. The standard InChI is InChI=1S/C13H24N4/c1-6-8-17(7-2)11-9-10(14)15-12(16-11)13(3,4)5/h9H,6-8H2,1-5H3,(H2,14,15,16). The number of rotatable bonds is 4. The van der Waals surface area contributed by atoms with Gasteiger partial charge in [-0.15, -0.1) is 0 Å². The van der Waals surface area contributed by atoms with Gasteiger partial charge in [-0.05, 0) is 13.3 Å². The molecule has 1 rings (SSSR count). The van der Waals surface area contributed by atoms with Crippen molar-refractivity contribution in [1.29, 1.82) is 0 Å². The Hall–Kier alpha value is -1.32. The Morgan fingerprint density at radius 2 is 1.88 bits per heavy atom. The van der Waals surface area contributed by atoms with Gasteiger partial charge >= 0.3 is 0 Å². The van der Waals surface area contributed by atoms with Gasteiger partial charge in [-0.2, -0.15) is 0 Å². The molecule has 0 unspecified atom stereocenters. The van der Waals surface area contributed by atoms with E-state index in [0.717, 1.165) is 31.2 Å². The average molecular weight is 236 g/mol. The maximum Gasteiger partial charge on any atom is 0.138 e. The van der Waals surface area contributed by atoms with Crippen LogP contribution in [0.25, 0.3) is 0 Å². The second-order valence-electron chi connectivity index (χ2n) is 5.30. The number of nitrogens with zero attached hydrogens (tertiary/aromatic N) is 3. The molecule has 0 radical (unpaired) electrons. The van der Waals surface area contributed by atoms with E-state index in [9.17, 15) is 0 Å². The third kappa shape index (κ3) is 3.58. The van der Waals surface area contributed by atoms with Crippen LogP contribution in [0.3, 0.4) is 0 Å². The molecular weight excluding hydrogens is 212 g/mol. The van der Waals surface area contributed by atoms with Crippen molar-refractivity contribution < 1.29 is 0 Å². The summed E-state index contributed by atoms with van der Waals surface area (Å²) in [6, 6.07) is 1.86. The second-order valence-corrected chi connectivity index (χ2v) is 5.30. The molecule has 17 heavy (non-hydrogen) atoms. The zero-order valence-corrected chi connectivity index (χ0v) is 11.6. The summed E-state index contributed by atoms with van der Waals surface area (Å²) in [6.45, 7) is 12.5. The topological polar surface area (TPSA) is 55.0 Å². The van der Waals surface area contributed by atoms with Crippen LogP contribution in [-0.4, -0.2) is 23.1 Å². The summed E-state index contributed by atoms with van der Waals surface area (Å²) < 4.78 is 0. The molecule has 0 aromatic carbocycles. The Bertz CT molecular complexity index is 368. The van der Waals surface area contributed by atoms with Crippen molar-refractivity contribution in [2.75, 3.05) is 23.7 Å². The molecule has 0 amide bonds. The number of nitrogen functional groups attached to an aromatic ring is 1. The molecule has 0 spiro atoms. The van der Waals surface area contributed by atoms with Crippen molar-refractivity contribution in [1.82, 2.24) is 9.97 Å². The van der Waals surface area contributed by atoms with Crippen LogP contribution in [0.5, 0.6) is 0 Å². The minimum atomic E-state index is -0.0737. The molecule has 2 N–H and O–H groups in total. The molecule has 0 aliphatic carbocycles. The van der Waals surface area contributed by atoms with Gasteiger partial charge in [-0.1, -0.05) is 27.7 Å². The van der Waals surface area contributed by atoms with Crippen molar-refractivity contribution in [3.8, 4) is 0 Å². The van der Waals surface area contributed by atoms with E-state index in [1.165, 1.54) is 0 Å². The molecule has 1 heterocycles. The Morgan fingerprint density at radius 1 is 1.24 bits per heavy atom. The van der Waals surface area contributed by atoms with E-state index in [2.05, 4.69) is 49.5 Å². The first-order valence-electron chi connectivity index (χ1n) is 6.28. The Morgan fingerprint density at radius 3 is 2.35 bits per heavy atom. The maximum absolute atomic E-state index is 5.87. The molecular formula is C13H24N4. The molecule has 4 nitrogen and oxygen atoms in total. The molecule has 0 atom stereocenters. The van der Waals surface area contributed by atoms with E-state index in [4.69, 9.17) is 5.73 Å². The summed E-state index contributed by atoms with van der Waals surface area (Å²) >= 11 is 0. The summed E-state index contributed by atoms with van der Waals surface area (Å²) in [5, 5.41) is 0. The van der Waals surface area contributed by atoms with E-state index in [1.807, 2.05) is 6.07 Å². The van der Waals surface area contributed by atoms with Crippen molar-refractivity contribution in [2.45, 2.75) is 46.5 Å². The van der Waals surface area contributed by atoms with Gasteiger partial charge < -0.3 is 10.6 Å². The van der Waals surface area contributed by atoms with E-state index in [1.54, 1.807) is 0 Å². The summed E-state index contributed by atoms with van der Waals surface area (Å²) in [5.74, 6) is 2.29. The van der Waals surface area contributed by atoms with E-state index < -0.39 is 0 Å². The van der Waals surface area contributed by atoms with Gasteiger partial charge in [0.05, 0.1) is 0 Å². The van der Waals surface area contributed by atoms with Crippen LogP contribution in [0.4, 0.5) is 11.6 Å². The van der Waals surface area contributed by atoms with Gasteiger partial charge in [0.25, 0.3) is 0 Å². The minimum Gasteiger partial charge on any atom is -0.384 e. The molecule has 96 valence electrons. The maximum atomic E-state index is 5.87. The average Bonchev–Trinajstić information content (AvgIpc) is 2.23. The quantitative estimate of drug-likeness (QED) is 0.873.